The summed E-state index contributed by atoms with van der Waals surface area (Å²) >= 11 is 0. The maximum atomic E-state index is 13.8. The van der Waals surface area contributed by atoms with Crippen LogP contribution in [0.1, 0.15) is 87.4 Å². The Kier molecular flexibility index (Phi) is 7.01. The minimum atomic E-state index is -2.91. The average Bonchev–Trinajstić information content (AvgIpc) is 3.21. The molecule has 1 aliphatic carbocycles. The number of fused-ring (bicyclic) bond motifs is 1. The largest absolute Gasteiger partial charge is 0.342 e. The van der Waals surface area contributed by atoms with E-state index in [1.165, 1.54) is 5.56 Å². The van der Waals surface area contributed by atoms with Gasteiger partial charge in [0.05, 0.1) is 11.4 Å². The third-order valence-corrected chi connectivity index (χ3v) is 7.96. The molecule has 0 radical (unpaired) electrons. The van der Waals surface area contributed by atoms with E-state index in [1.807, 2.05) is 22.4 Å². The van der Waals surface area contributed by atoms with Gasteiger partial charge in [-0.2, -0.15) is 5.10 Å². The fourth-order valence-electron chi connectivity index (χ4n) is 5.87. The van der Waals surface area contributed by atoms with Gasteiger partial charge in [0, 0.05) is 43.6 Å². The zero-order valence-electron chi connectivity index (χ0n) is 20.0. The lowest BCUT2D eigenvalue weighted by molar-refractivity contribution is -0.130. The van der Waals surface area contributed by atoms with Crippen LogP contribution in [-0.2, 0) is 11.2 Å². The van der Waals surface area contributed by atoms with Crippen molar-refractivity contribution >= 4 is 11.6 Å². The maximum absolute atomic E-state index is 13.8. The normalized spacial score (nSPS) is 27.3. The van der Waals surface area contributed by atoms with Gasteiger partial charge >= 0.3 is 0 Å². The molecule has 1 saturated heterocycles. The van der Waals surface area contributed by atoms with E-state index in [1.54, 1.807) is 6.92 Å². The molecule has 2 aromatic heterocycles. The number of piperidine rings is 1. The highest BCUT2D eigenvalue weighted by Gasteiger charge is 2.36. The van der Waals surface area contributed by atoms with Gasteiger partial charge in [-0.1, -0.05) is 13.8 Å². The first-order chi connectivity index (χ1) is 15.7. The first-order valence-corrected chi connectivity index (χ1v) is 12.3. The van der Waals surface area contributed by atoms with Gasteiger partial charge in [-0.05, 0) is 62.8 Å². The number of aromatic nitrogens is 3. The molecule has 0 aromatic carbocycles. The second kappa shape index (κ2) is 9.63. The van der Waals surface area contributed by atoms with E-state index in [2.05, 4.69) is 13.8 Å². The summed E-state index contributed by atoms with van der Waals surface area (Å²) < 4.78 is 41.4. The topological polar surface area (TPSA) is 50.5 Å². The first kappa shape index (κ1) is 24.0. The zero-order chi connectivity index (χ0) is 23.9. The van der Waals surface area contributed by atoms with Gasteiger partial charge in [0.25, 0.3) is 6.43 Å². The van der Waals surface area contributed by atoms with E-state index in [4.69, 9.17) is 10.1 Å². The minimum Gasteiger partial charge on any atom is -0.342 e. The Balaban J connectivity index is 1.68. The molecule has 1 aliphatic heterocycles. The van der Waals surface area contributed by atoms with E-state index < -0.39 is 18.5 Å². The van der Waals surface area contributed by atoms with Gasteiger partial charge in [-0.25, -0.2) is 22.7 Å². The SMILES string of the molecule is CCc1c(C)nc2cc(C3CCC(C(F)C(F)F)CC3)nn2c1[C@H]1CN(C(C)=O)CC[C@H]1C. The highest BCUT2D eigenvalue weighted by atomic mass is 19.3. The van der Waals surface area contributed by atoms with Crippen molar-refractivity contribution in [3.63, 3.8) is 0 Å². The lowest BCUT2D eigenvalue weighted by Gasteiger charge is -2.37. The number of alkyl halides is 3. The summed E-state index contributed by atoms with van der Waals surface area (Å²) in [6.07, 6.45) is -0.929. The van der Waals surface area contributed by atoms with Gasteiger partial charge in [0.1, 0.15) is 0 Å². The molecule has 0 bridgehead atoms. The molecule has 182 valence electrons. The second-order valence-electron chi connectivity index (χ2n) is 9.98. The van der Waals surface area contributed by atoms with E-state index in [-0.39, 0.29) is 17.7 Å². The van der Waals surface area contributed by atoms with Gasteiger partial charge in [-0.15, -0.1) is 0 Å². The molecule has 1 unspecified atom stereocenters. The molecule has 1 amide bonds. The van der Waals surface area contributed by atoms with Gasteiger partial charge in [0.15, 0.2) is 11.8 Å². The van der Waals surface area contributed by atoms with Crippen molar-refractivity contribution in [3.05, 3.63) is 28.7 Å². The lowest BCUT2D eigenvalue weighted by atomic mass is 9.78. The molecular formula is C25H35F3N4O. The highest BCUT2D eigenvalue weighted by Crippen LogP contribution is 2.40. The Morgan fingerprint density at radius 3 is 2.48 bits per heavy atom. The molecule has 2 aliphatic rings. The summed E-state index contributed by atoms with van der Waals surface area (Å²) in [5, 5.41) is 4.98. The Morgan fingerprint density at radius 1 is 1.18 bits per heavy atom. The minimum absolute atomic E-state index is 0.0971. The smallest absolute Gasteiger partial charge is 0.269 e. The molecule has 5 nitrogen and oxygen atoms in total. The number of carbonyl (C=O) groups is 1. The quantitative estimate of drug-likeness (QED) is 0.591. The molecule has 8 heteroatoms. The predicted octanol–water partition coefficient (Wildman–Crippen LogP) is 5.45. The van der Waals surface area contributed by atoms with Crippen LogP contribution in [0.3, 0.4) is 0 Å². The highest BCUT2D eigenvalue weighted by molar-refractivity contribution is 5.73. The van der Waals surface area contributed by atoms with Crippen molar-refractivity contribution in [3.8, 4) is 0 Å². The summed E-state index contributed by atoms with van der Waals surface area (Å²) in [7, 11) is 0. The number of likely N-dealkylation sites (tertiary alicyclic amines) is 1. The zero-order valence-corrected chi connectivity index (χ0v) is 20.0. The van der Waals surface area contributed by atoms with Crippen molar-refractivity contribution in [1.29, 1.82) is 0 Å². The standard InChI is InChI=1S/C25H35F3N4O/c1-5-19-15(3)29-22-12-21(17-6-8-18(9-7-17)23(26)25(27)28)30-32(22)24(19)20-13-31(16(4)33)11-10-14(20)2/h12,14,17-18,20,23,25H,5-11,13H2,1-4H3/t14-,17?,18?,20+,23?/m1/s1. The Labute approximate surface area is 193 Å². The molecule has 3 atom stereocenters. The number of hydrogen-bond donors (Lipinski definition) is 0. The van der Waals surface area contributed by atoms with Crippen LogP contribution in [0.4, 0.5) is 13.2 Å². The molecule has 0 spiro atoms. The Bertz CT molecular complexity index is 999. The van der Waals surface area contributed by atoms with Crippen molar-refractivity contribution in [2.24, 2.45) is 11.8 Å². The summed E-state index contributed by atoms with van der Waals surface area (Å²) in [6, 6.07) is 2.01. The molecule has 0 N–H and O–H groups in total. The first-order valence-electron chi connectivity index (χ1n) is 12.3. The molecule has 2 aromatic rings. The van der Waals surface area contributed by atoms with Crippen LogP contribution >= 0.6 is 0 Å². The molecule has 1 saturated carbocycles. The van der Waals surface area contributed by atoms with Crippen LogP contribution in [-0.4, -0.2) is 51.1 Å². The number of nitrogens with zero attached hydrogens (tertiary/aromatic N) is 4. The predicted molar refractivity (Wildman–Crippen MR) is 121 cm³/mol. The van der Waals surface area contributed by atoms with Crippen molar-refractivity contribution < 1.29 is 18.0 Å². The molecule has 3 heterocycles. The lowest BCUT2D eigenvalue weighted by Crippen LogP contribution is -2.42. The van der Waals surface area contributed by atoms with Crippen molar-refractivity contribution in [2.75, 3.05) is 13.1 Å². The summed E-state index contributed by atoms with van der Waals surface area (Å²) in [5.74, 6) is 0.239. The number of carbonyl (C=O) groups excluding carboxylic acids is 1. The van der Waals surface area contributed by atoms with Crippen LogP contribution in [0.5, 0.6) is 0 Å². The van der Waals surface area contributed by atoms with Gasteiger partial charge in [-0.3, -0.25) is 4.79 Å². The molecule has 33 heavy (non-hydrogen) atoms. The number of aryl methyl sites for hydroxylation is 1. The van der Waals surface area contributed by atoms with E-state index in [0.29, 0.717) is 38.1 Å². The van der Waals surface area contributed by atoms with E-state index in [0.717, 1.165) is 42.1 Å². The summed E-state index contributed by atoms with van der Waals surface area (Å²) in [4.78, 5) is 18.9. The third-order valence-electron chi connectivity index (χ3n) is 7.96. The van der Waals surface area contributed by atoms with Crippen LogP contribution < -0.4 is 0 Å². The number of hydrogen-bond acceptors (Lipinski definition) is 3. The summed E-state index contributed by atoms with van der Waals surface area (Å²) in [6.45, 7) is 9.47. The number of rotatable bonds is 5. The maximum Gasteiger partial charge on any atom is 0.269 e. The van der Waals surface area contributed by atoms with E-state index >= 15 is 0 Å². The van der Waals surface area contributed by atoms with Crippen LogP contribution in [0.25, 0.3) is 5.65 Å². The number of amides is 1. The monoisotopic (exact) mass is 464 g/mol. The van der Waals surface area contributed by atoms with Crippen LogP contribution in [0.15, 0.2) is 6.07 Å². The van der Waals surface area contributed by atoms with Crippen molar-refractivity contribution in [1.82, 2.24) is 19.5 Å². The van der Waals surface area contributed by atoms with Crippen molar-refractivity contribution in [2.45, 2.75) is 90.7 Å². The van der Waals surface area contributed by atoms with Crippen LogP contribution in [0.2, 0.25) is 0 Å². The van der Waals surface area contributed by atoms with Gasteiger partial charge in [0.2, 0.25) is 5.91 Å². The van der Waals surface area contributed by atoms with Crippen LogP contribution in [0, 0.1) is 18.8 Å². The molecular weight excluding hydrogens is 429 g/mol. The fourth-order valence-corrected chi connectivity index (χ4v) is 5.87. The second-order valence-corrected chi connectivity index (χ2v) is 9.98. The number of halogens is 3. The third kappa shape index (κ3) is 4.62. The average molecular weight is 465 g/mol. The van der Waals surface area contributed by atoms with Gasteiger partial charge < -0.3 is 4.90 Å². The van der Waals surface area contributed by atoms with E-state index in [9.17, 15) is 18.0 Å². The Hall–Kier alpha value is -2.12. The molecule has 2 fully saturated rings. The summed E-state index contributed by atoms with van der Waals surface area (Å²) in [5.41, 5.74) is 5.01. The fraction of sp³-hybridized carbons (Fsp3) is 0.720. The molecule has 4 rings (SSSR count). The Morgan fingerprint density at radius 2 is 1.88 bits per heavy atom.